The number of hydrogen-bond acceptors (Lipinski definition) is 4. The van der Waals surface area contributed by atoms with Gasteiger partial charge in [-0.25, -0.2) is 9.18 Å². The molecule has 0 aliphatic heterocycles. The highest BCUT2D eigenvalue weighted by atomic mass is 19.1. The molecule has 0 fully saturated rings. The van der Waals surface area contributed by atoms with Crippen molar-refractivity contribution in [2.75, 3.05) is 7.11 Å². The number of benzene rings is 1. The summed E-state index contributed by atoms with van der Waals surface area (Å²) >= 11 is 0. The molecule has 5 heteroatoms. The summed E-state index contributed by atoms with van der Waals surface area (Å²) in [6, 6.07) is 3.85. The first-order chi connectivity index (χ1) is 7.47. The van der Waals surface area contributed by atoms with E-state index in [1.54, 1.807) is 0 Å². The van der Waals surface area contributed by atoms with E-state index in [0.717, 1.165) is 7.11 Å². The number of aromatic hydroxyl groups is 1. The van der Waals surface area contributed by atoms with Gasteiger partial charge in [-0.3, -0.25) is 0 Å². The van der Waals surface area contributed by atoms with Crippen LogP contribution < -0.4 is 0 Å². The molecule has 1 aromatic rings. The molecule has 16 heavy (non-hydrogen) atoms. The molecule has 0 amide bonds. The highest BCUT2D eigenvalue weighted by Crippen LogP contribution is 2.29. The second-order valence-electron chi connectivity index (χ2n) is 3.36. The second-order valence-corrected chi connectivity index (χ2v) is 3.36. The summed E-state index contributed by atoms with van der Waals surface area (Å²) in [5.41, 5.74) is 0.213. The zero-order valence-electron chi connectivity index (χ0n) is 8.98. The molecule has 0 spiro atoms. The molecule has 0 radical (unpaired) electrons. The lowest BCUT2D eigenvalue weighted by Gasteiger charge is -2.12. The average molecular weight is 228 g/mol. The number of aliphatic hydroxyl groups excluding tert-OH is 1. The summed E-state index contributed by atoms with van der Waals surface area (Å²) in [6.45, 7) is 1.32. The average Bonchev–Trinajstić information content (AvgIpc) is 2.27. The van der Waals surface area contributed by atoms with Crippen LogP contribution in [0.2, 0.25) is 0 Å². The molecule has 0 heterocycles. The van der Waals surface area contributed by atoms with E-state index in [2.05, 4.69) is 4.74 Å². The summed E-state index contributed by atoms with van der Waals surface area (Å²) in [7, 11) is 1.12. The summed E-state index contributed by atoms with van der Waals surface area (Å²) in [5, 5.41) is 19.0. The van der Waals surface area contributed by atoms with Gasteiger partial charge in [0.25, 0.3) is 0 Å². The predicted octanol–water partition coefficient (Wildman–Crippen LogP) is 1.63. The Morgan fingerprint density at radius 2 is 2.12 bits per heavy atom. The SMILES string of the molecule is COC(=O)C(O)c1cc(C(C)F)ccc1O. The highest BCUT2D eigenvalue weighted by Gasteiger charge is 2.22. The Bertz CT molecular complexity index is 390. The van der Waals surface area contributed by atoms with Crippen molar-refractivity contribution < 1.29 is 24.1 Å². The van der Waals surface area contributed by atoms with E-state index in [9.17, 15) is 19.4 Å². The fraction of sp³-hybridized carbons (Fsp3) is 0.364. The van der Waals surface area contributed by atoms with Crippen molar-refractivity contribution in [3.63, 3.8) is 0 Å². The van der Waals surface area contributed by atoms with Crippen LogP contribution >= 0.6 is 0 Å². The molecule has 0 aliphatic rings. The molecule has 2 atom stereocenters. The van der Waals surface area contributed by atoms with Crippen molar-refractivity contribution in [3.05, 3.63) is 29.3 Å². The third-order valence-electron chi connectivity index (χ3n) is 2.23. The van der Waals surface area contributed by atoms with Gasteiger partial charge in [0.1, 0.15) is 11.9 Å². The van der Waals surface area contributed by atoms with Crippen LogP contribution in [0.25, 0.3) is 0 Å². The Morgan fingerprint density at radius 1 is 1.50 bits per heavy atom. The smallest absolute Gasteiger partial charge is 0.339 e. The minimum atomic E-state index is -1.61. The van der Waals surface area contributed by atoms with Crippen LogP contribution in [0.1, 0.15) is 30.3 Å². The van der Waals surface area contributed by atoms with E-state index in [1.807, 2.05) is 0 Å². The number of halogens is 1. The molecule has 2 N–H and O–H groups in total. The number of rotatable bonds is 3. The maximum absolute atomic E-state index is 13.0. The quantitative estimate of drug-likeness (QED) is 0.771. The molecule has 0 saturated heterocycles. The Labute approximate surface area is 92.3 Å². The normalized spacial score (nSPS) is 14.2. The number of carbonyl (C=O) groups is 1. The summed E-state index contributed by atoms with van der Waals surface area (Å²) in [4.78, 5) is 11.1. The molecule has 1 rings (SSSR count). The first kappa shape index (κ1) is 12.4. The zero-order valence-corrected chi connectivity index (χ0v) is 8.98. The fourth-order valence-electron chi connectivity index (χ4n) is 1.28. The number of carbonyl (C=O) groups excluding carboxylic acids is 1. The van der Waals surface area contributed by atoms with E-state index in [4.69, 9.17) is 0 Å². The van der Waals surface area contributed by atoms with E-state index >= 15 is 0 Å². The Morgan fingerprint density at radius 3 is 2.62 bits per heavy atom. The molecule has 1 aromatic carbocycles. The number of ether oxygens (including phenoxy) is 1. The van der Waals surface area contributed by atoms with Gasteiger partial charge >= 0.3 is 5.97 Å². The Kier molecular flexibility index (Phi) is 3.84. The summed E-state index contributed by atoms with van der Waals surface area (Å²) < 4.78 is 17.3. The van der Waals surface area contributed by atoms with Gasteiger partial charge < -0.3 is 14.9 Å². The molecule has 88 valence electrons. The monoisotopic (exact) mass is 228 g/mol. The maximum Gasteiger partial charge on any atom is 0.339 e. The van der Waals surface area contributed by atoms with Gasteiger partial charge in [-0.15, -0.1) is 0 Å². The summed E-state index contributed by atoms with van der Waals surface area (Å²) in [6.07, 6.45) is -2.85. The Hall–Kier alpha value is -1.62. The minimum absolute atomic E-state index is 0.0612. The lowest BCUT2D eigenvalue weighted by Crippen LogP contribution is -2.13. The number of aliphatic hydroxyl groups is 1. The van der Waals surface area contributed by atoms with Crippen LogP contribution in [-0.2, 0) is 9.53 Å². The fourth-order valence-corrected chi connectivity index (χ4v) is 1.28. The zero-order chi connectivity index (χ0) is 12.3. The van der Waals surface area contributed by atoms with Crippen LogP contribution in [0.3, 0.4) is 0 Å². The van der Waals surface area contributed by atoms with Crippen LogP contribution in [0, 0.1) is 0 Å². The third-order valence-corrected chi connectivity index (χ3v) is 2.23. The lowest BCUT2D eigenvalue weighted by molar-refractivity contribution is -0.150. The number of phenolic OH excluding ortho intramolecular Hbond substituents is 1. The van der Waals surface area contributed by atoms with Crippen molar-refractivity contribution in [2.45, 2.75) is 19.2 Å². The molecule has 0 bridgehead atoms. The number of esters is 1. The van der Waals surface area contributed by atoms with Gasteiger partial charge in [0, 0.05) is 5.56 Å². The molecule has 0 aliphatic carbocycles. The predicted molar refractivity (Wildman–Crippen MR) is 54.6 cm³/mol. The number of alkyl halides is 1. The molecule has 4 nitrogen and oxygen atoms in total. The van der Waals surface area contributed by atoms with Crippen molar-refractivity contribution in [1.29, 1.82) is 0 Å². The van der Waals surface area contributed by atoms with Crippen molar-refractivity contribution in [1.82, 2.24) is 0 Å². The van der Waals surface area contributed by atoms with Crippen LogP contribution in [0.4, 0.5) is 4.39 Å². The van der Waals surface area contributed by atoms with Crippen molar-refractivity contribution in [2.24, 2.45) is 0 Å². The van der Waals surface area contributed by atoms with E-state index in [0.29, 0.717) is 0 Å². The second kappa shape index (κ2) is 4.94. The number of methoxy groups -OCH3 is 1. The van der Waals surface area contributed by atoms with Crippen LogP contribution in [0.5, 0.6) is 5.75 Å². The van der Waals surface area contributed by atoms with E-state index in [-0.39, 0.29) is 16.9 Å². The third kappa shape index (κ3) is 2.49. The molecule has 0 saturated carbocycles. The topological polar surface area (TPSA) is 66.8 Å². The minimum Gasteiger partial charge on any atom is -0.508 e. The van der Waals surface area contributed by atoms with E-state index < -0.39 is 18.2 Å². The maximum atomic E-state index is 13.0. The molecule has 2 unspecified atom stereocenters. The molecule has 0 aromatic heterocycles. The number of hydrogen-bond donors (Lipinski definition) is 2. The van der Waals surface area contributed by atoms with E-state index in [1.165, 1.54) is 25.1 Å². The van der Waals surface area contributed by atoms with Crippen LogP contribution in [0.15, 0.2) is 18.2 Å². The summed E-state index contributed by atoms with van der Waals surface area (Å²) in [5.74, 6) is -1.18. The number of phenols is 1. The van der Waals surface area contributed by atoms with Gasteiger partial charge in [0.15, 0.2) is 6.10 Å². The van der Waals surface area contributed by atoms with Gasteiger partial charge in [-0.2, -0.15) is 0 Å². The standard InChI is InChI=1S/C11H13FO4/c1-6(12)7-3-4-9(13)8(5-7)10(14)11(15)16-2/h3-6,10,13-14H,1-2H3. The van der Waals surface area contributed by atoms with Gasteiger partial charge in [0.05, 0.1) is 7.11 Å². The van der Waals surface area contributed by atoms with Gasteiger partial charge in [-0.05, 0) is 24.6 Å². The molecular formula is C11H13FO4. The molecular weight excluding hydrogens is 215 g/mol. The Balaban J connectivity index is 3.11. The van der Waals surface area contributed by atoms with Crippen molar-refractivity contribution in [3.8, 4) is 5.75 Å². The van der Waals surface area contributed by atoms with Gasteiger partial charge in [-0.1, -0.05) is 6.07 Å². The largest absolute Gasteiger partial charge is 0.508 e. The lowest BCUT2D eigenvalue weighted by atomic mass is 10.0. The first-order valence-corrected chi connectivity index (χ1v) is 4.70. The van der Waals surface area contributed by atoms with Crippen LogP contribution in [-0.4, -0.2) is 23.3 Å². The highest BCUT2D eigenvalue weighted by molar-refractivity contribution is 5.77. The van der Waals surface area contributed by atoms with Gasteiger partial charge in [0.2, 0.25) is 0 Å². The first-order valence-electron chi connectivity index (χ1n) is 4.70. The van der Waals surface area contributed by atoms with Crippen molar-refractivity contribution >= 4 is 5.97 Å².